The van der Waals surface area contributed by atoms with Crippen molar-refractivity contribution in [3.8, 4) is 0 Å². The lowest BCUT2D eigenvalue weighted by atomic mass is 10.0. The topological polar surface area (TPSA) is 104 Å². The van der Waals surface area contributed by atoms with Crippen molar-refractivity contribution < 1.29 is 22.9 Å². The molecule has 0 bridgehead atoms. The summed E-state index contributed by atoms with van der Waals surface area (Å²) in [5.74, 6) is -0.984. The second kappa shape index (κ2) is 42.6. The first-order valence-electron chi connectivity index (χ1n) is 23.5. The molecule has 2 atom stereocenters. The first-order valence-corrected chi connectivity index (χ1v) is 25.1. The van der Waals surface area contributed by atoms with Gasteiger partial charge in [0.25, 0.3) is 10.1 Å². The van der Waals surface area contributed by atoms with Crippen molar-refractivity contribution in [3.63, 3.8) is 0 Å². The van der Waals surface area contributed by atoms with Crippen LogP contribution in [-0.2, 0) is 14.9 Å². The molecule has 0 spiro atoms. The average molecular weight is 804 g/mol. The Kier molecular flexibility index (Phi) is 41.1. The highest BCUT2D eigenvalue weighted by atomic mass is 32.2. The number of amides is 1. The number of allylic oxidation sites excluding steroid dienone is 9. The third-order valence-corrected chi connectivity index (χ3v) is 11.2. The van der Waals surface area contributed by atoms with E-state index >= 15 is 0 Å². The SMILES string of the molecule is CC/C=C\C/C=C\C/C=C\C/C=C\CCCCCCCCCCCCC(=O)NC(CS(=O)(=O)O)C(O)/C=C/CCCCCCCCCCCCCCCCCC. The zero-order chi connectivity index (χ0) is 41.1. The Morgan fingerprint density at radius 3 is 1.27 bits per heavy atom. The molecule has 0 heterocycles. The average Bonchev–Trinajstić information content (AvgIpc) is 3.16. The van der Waals surface area contributed by atoms with E-state index in [0.717, 1.165) is 77.0 Å². The molecule has 0 saturated carbocycles. The van der Waals surface area contributed by atoms with Gasteiger partial charge in [-0.25, -0.2) is 0 Å². The fourth-order valence-electron chi connectivity index (χ4n) is 6.97. The maximum Gasteiger partial charge on any atom is 0.267 e. The van der Waals surface area contributed by atoms with Crippen molar-refractivity contribution in [2.45, 2.75) is 238 Å². The highest BCUT2D eigenvalue weighted by molar-refractivity contribution is 7.85. The van der Waals surface area contributed by atoms with Gasteiger partial charge in [0.1, 0.15) is 0 Å². The van der Waals surface area contributed by atoms with Crippen molar-refractivity contribution in [1.29, 1.82) is 0 Å². The van der Waals surface area contributed by atoms with E-state index in [0.29, 0.717) is 0 Å². The Bertz CT molecular complexity index is 1110. The van der Waals surface area contributed by atoms with Crippen molar-refractivity contribution in [3.05, 3.63) is 60.8 Å². The fourth-order valence-corrected chi connectivity index (χ4v) is 7.71. The van der Waals surface area contributed by atoms with Crippen LogP contribution in [-0.4, -0.2) is 41.9 Å². The van der Waals surface area contributed by atoms with E-state index in [1.54, 1.807) is 6.08 Å². The summed E-state index contributed by atoms with van der Waals surface area (Å²) in [5, 5.41) is 13.3. The fraction of sp³-hybridized carbons (Fsp3) is 0.776. The molecule has 6 nitrogen and oxygen atoms in total. The van der Waals surface area contributed by atoms with Gasteiger partial charge in [0.15, 0.2) is 0 Å². The third kappa shape index (κ3) is 43.2. The van der Waals surface area contributed by atoms with Crippen molar-refractivity contribution >= 4 is 16.0 Å². The van der Waals surface area contributed by atoms with Crippen molar-refractivity contribution in [2.24, 2.45) is 0 Å². The zero-order valence-electron chi connectivity index (χ0n) is 36.5. The molecule has 7 heteroatoms. The van der Waals surface area contributed by atoms with E-state index < -0.39 is 28.0 Å². The van der Waals surface area contributed by atoms with Gasteiger partial charge in [0.2, 0.25) is 5.91 Å². The van der Waals surface area contributed by atoms with Gasteiger partial charge < -0.3 is 10.4 Å². The number of nitrogens with one attached hydrogen (secondary N) is 1. The van der Waals surface area contributed by atoms with Gasteiger partial charge in [-0.2, -0.15) is 8.42 Å². The molecule has 0 aliphatic carbocycles. The Morgan fingerprint density at radius 2 is 0.857 bits per heavy atom. The number of carbonyl (C=O) groups excluding carboxylic acids is 1. The number of aliphatic hydroxyl groups is 1. The summed E-state index contributed by atoms with van der Waals surface area (Å²) in [4.78, 5) is 12.6. The lowest BCUT2D eigenvalue weighted by molar-refractivity contribution is -0.122. The molecule has 56 heavy (non-hydrogen) atoms. The first kappa shape index (κ1) is 54.0. The first-order chi connectivity index (χ1) is 27.3. The second-order valence-corrected chi connectivity index (χ2v) is 17.5. The van der Waals surface area contributed by atoms with Crippen LogP contribution in [0.5, 0.6) is 0 Å². The van der Waals surface area contributed by atoms with Gasteiger partial charge in [0, 0.05) is 6.42 Å². The Hall–Kier alpha value is -1.96. The van der Waals surface area contributed by atoms with Crippen LogP contribution in [0.15, 0.2) is 60.8 Å². The van der Waals surface area contributed by atoms with Crippen LogP contribution in [0.25, 0.3) is 0 Å². The lowest BCUT2D eigenvalue weighted by Gasteiger charge is -2.21. The minimum absolute atomic E-state index is 0.283. The normalized spacial score (nSPS) is 13.7. The summed E-state index contributed by atoms with van der Waals surface area (Å²) in [5.41, 5.74) is 0. The van der Waals surface area contributed by atoms with E-state index in [4.69, 9.17) is 0 Å². The molecular formula is C49H89NO5S. The molecule has 0 fully saturated rings. The number of aliphatic hydroxyl groups excluding tert-OH is 1. The highest BCUT2D eigenvalue weighted by Gasteiger charge is 2.24. The summed E-state index contributed by atoms with van der Waals surface area (Å²) in [6, 6.07) is -1.06. The predicted octanol–water partition coefficient (Wildman–Crippen LogP) is 14.4. The van der Waals surface area contributed by atoms with Crippen molar-refractivity contribution in [2.75, 3.05) is 5.75 Å². The molecule has 0 aromatic rings. The van der Waals surface area contributed by atoms with Crippen LogP contribution < -0.4 is 5.32 Å². The highest BCUT2D eigenvalue weighted by Crippen LogP contribution is 2.15. The summed E-state index contributed by atoms with van der Waals surface area (Å²) in [6.45, 7) is 4.43. The Morgan fingerprint density at radius 1 is 0.500 bits per heavy atom. The van der Waals surface area contributed by atoms with Crippen LogP contribution in [0.4, 0.5) is 0 Å². The van der Waals surface area contributed by atoms with E-state index in [9.17, 15) is 22.9 Å². The summed E-state index contributed by atoms with van der Waals surface area (Å²) in [7, 11) is -4.35. The van der Waals surface area contributed by atoms with Gasteiger partial charge in [-0.1, -0.05) is 222 Å². The van der Waals surface area contributed by atoms with E-state index in [-0.39, 0.29) is 12.3 Å². The van der Waals surface area contributed by atoms with Gasteiger partial charge in [-0.05, 0) is 57.8 Å². The number of hydrogen-bond donors (Lipinski definition) is 3. The number of hydrogen-bond acceptors (Lipinski definition) is 4. The van der Waals surface area contributed by atoms with Gasteiger partial charge in [0.05, 0.1) is 17.9 Å². The summed E-state index contributed by atoms with van der Waals surface area (Å²) >= 11 is 0. The molecule has 2 unspecified atom stereocenters. The molecule has 1 amide bonds. The maximum absolute atomic E-state index is 12.6. The number of carbonyl (C=O) groups is 1. The maximum atomic E-state index is 12.6. The van der Waals surface area contributed by atoms with E-state index in [2.05, 4.69) is 67.8 Å². The molecule has 0 rings (SSSR count). The van der Waals surface area contributed by atoms with Crippen molar-refractivity contribution in [1.82, 2.24) is 5.32 Å². The summed E-state index contributed by atoms with van der Waals surface area (Å²) in [6.07, 6.45) is 59.2. The Labute approximate surface area is 347 Å². The van der Waals surface area contributed by atoms with Crippen LogP contribution in [0.3, 0.4) is 0 Å². The number of unbranched alkanes of at least 4 members (excludes halogenated alkanes) is 26. The molecular weight excluding hydrogens is 715 g/mol. The predicted molar refractivity (Wildman–Crippen MR) is 244 cm³/mol. The van der Waals surface area contributed by atoms with Crippen LogP contribution >= 0.6 is 0 Å². The largest absolute Gasteiger partial charge is 0.387 e. The standard InChI is InChI=1S/C49H89NO5S/c1-3-5-7-9-11-13-15-17-19-21-23-24-25-26-27-29-31-33-35-37-39-41-43-45-49(52)50-47(46-56(53,54)55)48(51)44-42-40-38-36-34-32-30-28-22-20-18-16-14-12-10-8-6-4-2/h5,7,11,13,17,19,23-24,42,44,47-48,51H,3-4,6,8-10,12,14-16,18,20-22,25-41,43,45-46H2,1-2H3,(H,50,52)(H,53,54,55)/b7-5-,13-11-,19-17-,24-23-,44-42+. The second-order valence-electron chi connectivity index (χ2n) is 16.0. The molecule has 3 N–H and O–H groups in total. The molecule has 326 valence electrons. The minimum atomic E-state index is -4.35. The molecule has 0 aliphatic heterocycles. The Balaban J connectivity index is 3.85. The quantitative estimate of drug-likeness (QED) is 0.0324. The van der Waals surface area contributed by atoms with Gasteiger partial charge >= 0.3 is 0 Å². The molecule has 0 aliphatic rings. The van der Waals surface area contributed by atoms with E-state index in [1.807, 2.05) is 6.08 Å². The van der Waals surface area contributed by atoms with Gasteiger partial charge in [-0.3, -0.25) is 9.35 Å². The van der Waals surface area contributed by atoms with Crippen LogP contribution in [0.1, 0.15) is 226 Å². The minimum Gasteiger partial charge on any atom is -0.387 e. The number of rotatable bonds is 42. The molecule has 0 saturated heterocycles. The third-order valence-electron chi connectivity index (χ3n) is 10.4. The molecule has 0 aromatic heterocycles. The zero-order valence-corrected chi connectivity index (χ0v) is 37.3. The van der Waals surface area contributed by atoms with Crippen LogP contribution in [0.2, 0.25) is 0 Å². The monoisotopic (exact) mass is 804 g/mol. The molecule has 0 aromatic carbocycles. The molecule has 0 radical (unpaired) electrons. The smallest absolute Gasteiger partial charge is 0.267 e. The lowest BCUT2D eigenvalue weighted by Crippen LogP contribution is -2.46. The van der Waals surface area contributed by atoms with Gasteiger partial charge in [-0.15, -0.1) is 0 Å². The van der Waals surface area contributed by atoms with Crippen LogP contribution in [0, 0.1) is 0 Å². The summed E-state index contributed by atoms with van der Waals surface area (Å²) < 4.78 is 32.6. The van der Waals surface area contributed by atoms with E-state index in [1.165, 1.54) is 128 Å².